The molecular formula is C6H13NO2. The summed E-state index contributed by atoms with van der Waals surface area (Å²) < 4.78 is 0. The highest BCUT2D eigenvalue weighted by Gasteiger charge is 2.37. The largest absolute Gasteiger partial charge is 0.393 e. The predicted molar refractivity (Wildman–Crippen MR) is 33.9 cm³/mol. The molecule has 2 atom stereocenters. The number of hydrogen-bond acceptors (Lipinski definition) is 3. The Kier molecular flexibility index (Phi) is 1.75. The van der Waals surface area contributed by atoms with Gasteiger partial charge in [-0.05, 0) is 19.3 Å². The third-order valence-corrected chi connectivity index (χ3v) is 2.09. The third-order valence-electron chi connectivity index (χ3n) is 2.09. The Bertz CT molecular complexity index is 107. The number of hydrogen-bond donors (Lipinski definition) is 3. The van der Waals surface area contributed by atoms with E-state index in [-0.39, 0.29) is 12.6 Å². The molecule has 0 amide bonds. The van der Waals surface area contributed by atoms with Crippen molar-refractivity contribution in [2.75, 3.05) is 6.61 Å². The lowest BCUT2D eigenvalue weighted by atomic mass is 10.0. The molecule has 1 aliphatic carbocycles. The summed E-state index contributed by atoms with van der Waals surface area (Å²) in [5, 5.41) is 18.1. The summed E-state index contributed by atoms with van der Waals surface area (Å²) in [5.74, 6) is 0. The van der Waals surface area contributed by atoms with E-state index in [1.54, 1.807) is 0 Å². The van der Waals surface area contributed by atoms with Crippen LogP contribution in [0.1, 0.15) is 19.3 Å². The Balaban J connectivity index is 2.56. The first-order valence-electron chi connectivity index (χ1n) is 3.28. The quantitative estimate of drug-likeness (QED) is 0.437. The van der Waals surface area contributed by atoms with Crippen molar-refractivity contribution in [2.45, 2.75) is 30.9 Å². The molecule has 0 aromatic heterocycles. The van der Waals surface area contributed by atoms with Crippen LogP contribution < -0.4 is 5.73 Å². The summed E-state index contributed by atoms with van der Waals surface area (Å²) in [7, 11) is 0. The van der Waals surface area contributed by atoms with Gasteiger partial charge in [0.2, 0.25) is 0 Å². The van der Waals surface area contributed by atoms with Crippen molar-refractivity contribution in [3.05, 3.63) is 0 Å². The van der Waals surface area contributed by atoms with Gasteiger partial charge in [0.25, 0.3) is 0 Å². The van der Waals surface area contributed by atoms with Crippen LogP contribution in [0.5, 0.6) is 0 Å². The summed E-state index contributed by atoms with van der Waals surface area (Å²) in [6.45, 7) is -0.200. The van der Waals surface area contributed by atoms with E-state index in [4.69, 9.17) is 10.8 Å². The van der Waals surface area contributed by atoms with Crippen LogP contribution in [0.15, 0.2) is 0 Å². The summed E-state index contributed by atoms with van der Waals surface area (Å²) in [6, 6.07) is -0.220. The summed E-state index contributed by atoms with van der Waals surface area (Å²) in [4.78, 5) is 0. The number of rotatable bonds is 1. The maximum Gasteiger partial charge on any atom is 0.103 e. The number of nitrogens with two attached hydrogens (primary N) is 1. The highest BCUT2D eigenvalue weighted by atomic mass is 16.3. The molecule has 0 saturated heterocycles. The second kappa shape index (κ2) is 2.25. The molecule has 0 heterocycles. The van der Waals surface area contributed by atoms with Crippen molar-refractivity contribution in [1.29, 1.82) is 0 Å². The third kappa shape index (κ3) is 1.08. The topological polar surface area (TPSA) is 66.5 Å². The molecule has 0 aromatic rings. The molecule has 0 radical (unpaired) electrons. The zero-order chi connectivity index (χ0) is 6.91. The van der Waals surface area contributed by atoms with Crippen LogP contribution in [0.2, 0.25) is 0 Å². The molecule has 1 aliphatic rings. The average Bonchev–Trinajstić information content (AvgIpc) is 2.15. The molecule has 2 unspecified atom stereocenters. The van der Waals surface area contributed by atoms with E-state index in [0.717, 1.165) is 12.8 Å². The van der Waals surface area contributed by atoms with Crippen LogP contribution >= 0.6 is 0 Å². The van der Waals surface area contributed by atoms with Crippen molar-refractivity contribution in [3.8, 4) is 0 Å². The molecule has 0 aliphatic heterocycles. The van der Waals surface area contributed by atoms with Crippen molar-refractivity contribution in [2.24, 2.45) is 5.73 Å². The van der Waals surface area contributed by atoms with Gasteiger partial charge in [-0.3, -0.25) is 0 Å². The fraction of sp³-hybridized carbons (Fsp3) is 1.00. The molecule has 3 heteroatoms. The molecule has 0 bridgehead atoms. The zero-order valence-electron chi connectivity index (χ0n) is 5.38. The van der Waals surface area contributed by atoms with Gasteiger partial charge in [-0.25, -0.2) is 0 Å². The fourth-order valence-corrected chi connectivity index (χ4v) is 1.28. The first-order chi connectivity index (χ1) is 4.19. The average molecular weight is 131 g/mol. The fourth-order valence-electron chi connectivity index (χ4n) is 1.28. The van der Waals surface area contributed by atoms with Crippen LogP contribution in [0.25, 0.3) is 0 Å². The molecule has 1 saturated carbocycles. The standard InChI is InChI=1S/C6H13NO2/c7-5-2-1-3-6(5,9)4-8/h5,8-9H,1-4,7H2. The molecule has 1 fully saturated rings. The van der Waals surface area contributed by atoms with E-state index in [1.165, 1.54) is 0 Å². The Labute approximate surface area is 54.5 Å². The normalized spacial score (nSPS) is 43.7. The monoisotopic (exact) mass is 131 g/mol. The highest BCUT2D eigenvalue weighted by Crippen LogP contribution is 2.27. The lowest BCUT2D eigenvalue weighted by Gasteiger charge is -2.24. The van der Waals surface area contributed by atoms with E-state index < -0.39 is 5.60 Å². The van der Waals surface area contributed by atoms with E-state index in [1.807, 2.05) is 0 Å². The van der Waals surface area contributed by atoms with Gasteiger partial charge in [-0.15, -0.1) is 0 Å². The smallest absolute Gasteiger partial charge is 0.103 e. The minimum atomic E-state index is -0.972. The van der Waals surface area contributed by atoms with Gasteiger partial charge in [0, 0.05) is 6.04 Å². The highest BCUT2D eigenvalue weighted by molar-refractivity contribution is 4.94. The van der Waals surface area contributed by atoms with Crippen LogP contribution in [-0.2, 0) is 0 Å². The molecule has 1 rings (SSSR count). The van der Waals surface area contributed by atoms with Crippen molar-refractivity contribution in [3.63, 3.8) is 0 Å². The van der Waals surface area contributed by atoms with Crippen molar-refractivity contribution >= 4 is 0 Å². The maximum absolute atomic E-state index is 9.39. The van der Waals surface area contributed by atoms with Gasteiger partial charge in [-0.1, -0.05) is 0 Å². The van der Waals surface area contributed by atoms with Gasteiger partial charge in [-0.2, -0.15) is 0 Å². The van der Waals surface area contributed by atoms with E-state index >= 15 is 0 Å². The molecule has 9 heavy (non-hydrogen) atoms. The molecule has 0 aromatic carbocycles. The minimum absolute atomic E-state index is 0.200. The summed E-state index contributed by atoms with van der Waals surface area (Å²) >= 11 is 0. The number of aliphatic hydroxyl groups excluding tert-OH is 1. The summed E-state index contributed by atoms with van der Waals surface area (Å²) in [5.41, 5.74) is 4.54. The molecule has 54 valence electrons. The molecule has 4 N–H and O–H groups in total. The Morgan fingerprint density at radius 2 is 2.33 bits per heavy atom. The van der Waals surface area contributed by atoms with E-state index in [2.05, 4.69) is 0 Å². The summed E-state index contributed by atoms with van der Waals surface area (Å²) in [6.07, 6.45) is 2.40. The second-order valence-electron chi connectivity index (χ2n) is 2.76. The maximum atomic E-state index is 9.39. The Morgan fingerprint density at radius 1 is 1.67 bits per heavy atom. The van der Waals surface area contributed by atoms with Crippen LogP contribution in [0.3, 0.4) is 0 Å². The van der Waals surface area contributed by atoms with Gasteiger partial charge in [0.15, 0.2) is 0 Å². The van der Waals surface area contributed by atoms with E-state index in [0.29, 0.717) is 6.42 Å². The minimum Gasteiger partial charge on any atom is -0.393 e. The Hall–Kier alpha value is -0.120. The van der Waals surface area contributed by atoms with Crippen LogP contribution in [0, 0.1) is 0 Å². The molecule has 3 nitrogen and oxygen atoms in total. The SMILES string of the molecule is NC1CCCC1(O)CO. The zero-order valence-corrected chi connectivity index (χ0v) is 5.38. The molecule has 0 spiro atoms. The van der Waals surface area contributed by atoms with Crippen LogP contribution in [-0.4, -0.2) is 28.5 Å². The Morgan fingerprint density at radius 3 is 2.56 bits per heavy atom. The second-order valence-corrected chi connectivity index (χ2v) is 2.76. The van der Waals surface area contributed by atoms with Gasteiger partial charge >= 0.3 is 0 Å². The van der Waals surface area contributed by atoms with E-state index in [9.17, 15) is 5.11 Å². The van der Waals surface area contributed by atoms with Crippen molar-refractivity contribution in [1.82, 2.24) is 0 Å². The lowest BCUT2D eigenvalue weighted by Crippen LogP contribution is -2.46. The van der Waals surface area contributed by atoms with Gasteiger partial charge in [0.1, 0.15) is 5.60 Å². The first-order valence-corrected chi connectivity index (χ1v) is 3.28. The first kappa shape index (κ1) is 6.99. The van der Waals surface area contributed by atoms with Crippen LogP contribution in [0.4, 0.5) is 0 Å². The number of aliphatic hydroxyl groups is 2. The van der Waals surface area contributed by atoms with Gasteiger partial charge < -0.3 is 15.9 Å². The van der Waals surface area contributed by atoms with Gasteiger partial charge in [0.05, 0.1) is 6.61 Å². The van der Waals surface area contributed by atoms with Crippen molar-refractivity contribution < 1.29 is 10.2 Å². The molecular weight excluding hydrogens is 118 g/mol. The lowest BCUT2D eigenvalue weighted by molar-refractivity contribution is -0.0201. The predicted octanol–water partition coefficient (Wildman–Crippen LogP) is -0.779.